The average Bonchev–Trinajstić information content (AvgIpc) is 3.43. The molecule has 128 valence electrons. The lowest BCUT2D eigenvalue weighted by atomic mass is 10.4. The summed E-state index contributed by atoms with van der Waals surface area (Å²) in [5, 5.41) is 0. The van der Waals surface area contributed by atoms with E-state index in [1.807, 2.05) is 24.3 Å². The van der Waals surface area contributed by atoms with Gasteiger partial charge in [-0.15, -0.1) is 0 Å². The number of fused-ring (bicyclic) bond motifs is 2. The highest BCUT2D eigenvalue weighted by atomic mass is 16.1. The number of hydrogen-bond acceptors (Lipinski definition) is 7. The summed E-state index contributed by atoms with van der Waals surface area (Å²) in [5.41, 5.74) is 1.13. The van der Waals surface area contributed by atoms with Gasteiger partial charge < -0.3 is 0 Å². The number of carbonyl (C=O) groups is 1. The Morgan fingerprint density at radius 3 is 1.59 bits per heavy atom. The van der Waals surface area contributed by atoms with Gasteiger partial charge >= 0.3 is 0 Å². The topological polar surface area (TPSA) is 101 Å². The van der Waals surface area contributed by atoms with Crippen LogP contribution < -0.4 is 11.0 Å². The number of nitrogens with zero attached hydrogens (tertiary/aromatic N) is 8. The van der Waals surface area contributed by atoms with Crippen LogP contribution in [-0.4, -0.2) is 38.8 Å². The lowest BCUT2D eigenvalue weighted by Gasteiger charge is -2.19. The molecule has 2 aromatic rings. The molecule has 1 unspecified atom stereocenters. The van der Waals surface area contributed by atoms with Gasteiger partial charge in [0, 0.05) is 0 Å². The van der Waals surface area contributed by atoms with E-state index in [2.05, 4.69) is 30.0 Å². The molecule has 6 bridgehead atoms. The molecule has 0 amide bonds. The van der Waals surface area contributed by atoms with Gasteiger partial charge in [-0.2, -0.15) is 0 Å². The van der Waals surface area contributed by atoms with Gasteiger partial charge in [-0.05, 0) is 48.6 Å². The van der Waals surface area contributed by atoms with Gasteiger partial charge in [-0.1, -0.05) is 0 Å². The molecule has 27 heavy (non-hydrogen) atoms. The molecule has 0 saturated carbocycles. The molecule has 0 aliphatic carbocycles. The van der Waals surface area contributed by atoms with E-state index in [1.54, 1.807) is 33.4 Å². The Bertz CT molecular complexity index is 1250. The van der Waals surface area contributed by atoms with E-state index in [0.717, 1.165) is 6.29 Å². The maximum atomic E-state index is 12.2. The predicted molar refractivity (Wildman–Crippen MR) is 99.0 cm³/mol. The largest absolute Gasteiger partial charge is 0.299 e. The standard InChI is InChI=1S/C18H10N8O/c27-9-18-25-14-5-6-16(25)23-12-3-4-13(20-12)24-17-8-7-15(26(17)18)22-11-2-1-10(19-11)21-14/h1-9,18H. The van der Waals surface area contributed by atoms with Gasteiger partial charge in [0.2, 0.25) is 0 Å². The van der Waals surface area contributed by atoms with E-state index in [0.29, 0.717) is 46.0 Å². The van der Waals surface area contributed by atoms with Gasteiger partial charge in [-0.3, -0.25) is 13.9 Å². The van der Waals surface area contributed by atoms with Crippen LogP contribution in [0, 0.1) is 0 Å². The molecular weight excluding hydrogens is 344 g/mol. The highest BCUT2D eigenvalue weighted by Crippen LogP contribution is 2.30. The fourth-order valence-electron chi connectivity index (χ4n) is 3.40. The first-order chi connectivity index (χ1) is 13.3. The Balaban J connectivity index is 1.84. The smallest absolute Gasteiger partial charge is 0.172 e. The number of rotatable bonds is 1. The minimum absolute atomic E-state index is 0.523. The first-order valence-electron chi connectivity index (χ1n) is 8.31. The van der Waals surface area contributed by atoms with Crippen LogP contribution in [0.2, 0.25) is 0 Å². The van der Waals surface area contributed by atoms with Crippen molar-refractivity contribution < 1.29 is 4.79 Å². The van der Waals surface area contributed by atoms with E-state index < -0.39 is 6.17 Å². The minimum Gasteiger partial charge on any atom is -0.299 e. The summed E-state index contributed by atoms with van der Waals surface area (Å²) in [6, 6.07) is 7.24. The van der Waals surface area contributed by atoms with Crippen LogP contribution >= 0.6 is 0 Å². The number of hydrogen-bond donors (Lipinski definition) is 0. The number of amidine groups is 4. The van der Waals surface area contributed by atoms with Gasteiger partial charge in [0.1, 0.15) is 22.6 Å². The van der Waals surface area contributed by atoms with Crippen LogP contribution in [0.25, 0.3) is 0 Å². The molecule has 0 N–H and O–H groups in total. The van der Waals surface area contributed by atoms with E-state index in [-0.39, 0.29) is 0 Å². The molecule has 0 fully saturated rings. The summed E-state index contributed by atoms with van der Waals surface area (Å²) < 4.78 is 3.48. The van der Waals surface area contributed by atoms with Crippen molar-refractivity contribution in [3.8, 4) is 0 Å². The Morgan fingerprint density at radius 1 is 0.630 bits per heavy atom. The van der Waals surface area contributed by atoms with E-state index in [4.69, 9.17) is 0 Å². The minimum atomic E-state index is -0.748. The van der Waals surface area contributed by atoms with Crippen molar-refractivity contribution in [2.24, 2.45) is 30.0 Å². The molecule has 0 spiro atoms. The second-order valence-electron chi connectivity index (χ2n) is 6.16. The Hall–Kier alpha value is -4.01. The normalized spacial score (nSPS) is 20.8. The summed E-state index contributed by atoms with van der Waals surface area (Å²) >= 11 is 0. The fourth-order valence-corrected chi connectivity index (χ4v) is 3.40. The van der Waals surface area contributed by atoms with Crippen molar-refractivity contribution in [2.45, 2.75) is 6.17 Å². The van der Waals surface area contributed by atoms with Crippen molar-refractivity contribution in [2.75, 3.05) is 0 Å². The van der Waals surface area contributed by atoms with Crippen molar-refractivity contribution >= 4 is 41.3 Å². The molecule has 9 nitrogen and oxygen atoms in total. The van der Waals surface area contributed by atoms with Crippen molar-refractivity contribution in [3.05, 3.63) is 59.5 Å². The first-order valence-corrected chi connectivity index (χ1v) is 8.31. The summed E-state index contributed by atoms with van der Waals surface area (Å²) in [6.07, 6.45) is 7.24. The zero-order valence-corrected chi connectivity index (χ0v) is 13.8. The van der Waals surface area contributed by atoms with Crippen molar-refractivity contribution in [1.82, 2.24) is 9.13 Å². The Labute approximate surface area is 151 Å². The van der Waals surface area contributed by atoms with Gasteiger partial charge in [0.05, 0.1) is 0 Å². The van der Waals surface area contributed by atoms with Gasteiger partial charge in [-0.25, -0.2) is 30.0 Å². The Kier molecular flexibility index (Phi) is 2.63. The van der Waals surface area contributed by atoms with Crippen LogP contribution in [0.1, 0.15) is 6.17 Å². The highest BCUT2D eigenvalue weighted by Gasteiger charge is 2.24. The van der Waals surface area contributed by atoms with Crippen LogP contribution in [-0.2, 0) is 4.79 Å². The van der Waals surface area contributed by atoms with Crippen molar-refractivity contribution in [3.63, 3.8) is 0 Å². The second kappa shape index (κ2) is 5.01. The molecule has 6 rings (SSSR count). The van der Waals surface area contributed by atoms with Crippen molar-refractivity contribution in [1.29, 1.82) is 0 Å². The van der Waals surface area contributed by atoms with Gasteiger partial charge in [0.25, 0.3) is 0 Å². The monoisotopic (exact) mass is 354 g/mol. The molecule has 9 heteroatoms. The molecule has 0 saturated heterocycles. The van der Waals surface area contributed by atoms with E-state index >= 15 is 0 Å². The molecule has 6 heterocycles. The lowest BCUT2D eigenvalue weighted by molar-refractivity contribution is -0.111. The third kappa shape index (κ3) is 2.02. The maximum Gasteiger partial charge on any atom is 0.172 e. The summed E-state index contributed by atoms with van der Waals surface area (Å²) in [5.74, 6) is 3.22. The van der Waals surface area contributed by atoms with Crippen LogP contribution in [0.3, 0.4) is 0 Å². The highest BCUT2D eigenvalue weighted by molar-refractivity contribution is 6.16. The zero-order valence-electron chi connectivity index (χ0n) is 13.8. The Morgan fingerprint density at radius 2 is 1.11 bits per heavy atom. The third-order valence-corrected chi connectivity index (χ3v) is 4.54. The SMILES string of the molecule is O=CC1n2c3ccc2N=C2C=CC(=N2)N=c2ccc(n21)=NC1=NC(=N3)C=C1. The lowest BCUT2D eigenvalue weighted by Crippen LogP contribution is -2.37. The zero-order chi connectivity index (χ0) is 18.0. The second-order valence-corrected chi connectivity index (χ2v) is 6.16. The van der Waals surface area contributed by atoms with Crippen LogP contribution in [0.4, 0.5) is 11.6 Å². The number of aldehydes is 1. The molecule has 4 aliphatic heterocycles. The van der Waals surface area contributed by atoms with E-state index in [9.17, 15) is 4.79 Å². The molecule has 4 aliphatic rings. The molecule has 2 aromatic heterocycles. The predicted octanol–water partition coefficient (Wildman–Crippen LogP) is 0.798. The van der Waals surface area contributed by atoms with Crippen LogP contribution in [0.15, 0.2) is 78.5 Å². The molecule has 1 atom stereocenters. The quantitative estimate of drug-likeness (QED) is 0.695. The van der Waals surface area contributed by atoms with Gasteiger partial charge in [0.15, 0.2) is 35.8 Å². The third-order valence-electron chi connectivity index (χ3n) is 4.54. The maximum absolute atomic E-state index is 12.2. The molecule has 0 radical (unpaired) electrons. The number of carbonyl (C=O) groups excluding carboxylic acids is 1. The number of aromatic nitrogens is 2. The van der Waals surface area contributed by atoms with Crippen LogP contribution in [0.5, 0.6) is 0 Å². The fraction of sp³-hybridized carbons (Fsp3) is 0.0556. The first kappa shape index (κ1) is 14.2. The van der Waals surface area contributed by atoms with E-state index in [1.165, 1.54) is 0 Å². The molecule has 0 aromatic carbocycles. The average molecular weight is 354 g/mol. The number of aliphatic imine (C=N–C) groups is 4. The summed E-state index contributed by atoms with van der Waals surface area (Å²) in [6.45, 7) is 0. The summed E-state index contributed by atoms with van der Waals surface area (Å²) in [4.78, 5) is 39.4. The molecular formula is C18H10N8O. The summed E-state index contributed by atoms with van der Waals surface area (Å²) in [7, 11) is 0.